The molecule has 6 rings (SSSR count). The maximum Gasteiger partial charge on any atom is 0.519 e. The number of fused-ring (bicyclic) bond motifs is 4. The predicted octanol–water partition coefficient (Wildman–Crippen LogP) is 6.73. The van der Waals surface area contributed by atoms with Crippen LogP contribution >= 0.6 is 11.6 Å². The quantitative estimate of drug-likeness (QED) is 0.0626. The molecule has 5 aromatic rings. The minimum Gasteiger partial charge on any atom is -0.492 e. The van der Waals surface area contributed by atoms with Crippen LogP contribution in [0, 0.1) is 10.1 Å². The van der Waals surface area contributed by atoms with Crippen LogP contribution in [0.2, 0.25) is 0 Å². The highest BCUT2D eigenvalue weighted by atomic mass is 35.5. The highest BCUT2D eigenvalue weighted by molar-refractivity contribution is 6.19. The largest absolute Gasteiger partial charge is 0.519 e. The van der Waals surface area contributed by atoms with Crippen LogP contribution in [0.1, 0.15) is 22.0 Å². The van der Waals surface area contributed by atoms with Crippen LogP contribution in [0.15, 0.2) is 78.9 Å². The highest BCUT2D eigenvalue weighted by Crippen LogP contribution is 2.46. The number of nitrogens with one attached hydrogen (secondary N) is 1. The summed E-state index contributed by atoms with van der Waals surface area (Å²) in [4.78, 5) is 44.1. The molecule has 0 bridgehead atoms. The number of non-ortho nitro benzene ring substituents is 1. The first-order chi connectivity index (χ1) is 21.7. The van der Waals surface area contributed by atoms with Crippen LogP contribution in [0.4, 0.5) is 16.2 Å². The number of nitrogens with zero attached hydrogens (tertiary/aromatic N) is 3. The molecular formula is C33H29ClN4O7. The Labute approximate surface area is 263 Å². The molecule has 0 saturated carbocycles. The molecule has 45 heavy (non-hydrogen) atoms. The lowest BCUT2D eigenvalue weighted by Gasteiger charge is -2.18. The van der Waals surface area contributed by atoms with Gasteiger partial charge >= 0.3 is 6.16 Å². The highest BCUT2D eigenvalue weighted by Gasteiger charge is 2.36. The molecule has 0 unspecified atom stereocenters. The monoisotopic (exact) mass is 628 g/mol. The second-order valence-corrected chi connectivity index (χ2v) is 11.2. The number of halogens is 1. The number of ether oxygens (including phenoxy) is 3. The molecule has 2 heterocycles. The first-order valence-electron chi connectivity index (χ1n) is 14.2. The van der Waals surface area contributed by atoms with Gasteiger partial charge in [-0.1, -0.05) is 24.3 Å². The van der Waals surface area contributed by atoms with Crippen LogP contribution in [-0.2, 0) is 0 Å². The molecule has 0 spiro atoms. The lowest BCUT2D eigenvalue weighted by Crippen LogP contribution is -2.30. The molecule has 0 saturated heterocycles. The third-order valence-electron chi connectivity index (χ3n) is 7.63. The number of nitro benzene ring substituents is 1. The summed E-state index contributed by atoms with van der Waals surface area (Å²) in [6, 6.07) is 21.6. The Hall–Kier alpha value is -5.13. The summed E-state index contributed by atoms with van der Waals surface area (Å²) < 4.78 is 16.8. The fourth-order valence-electron chi connectivity index (χ4n) is 5.47. The number of alkyl halides is 1. The zero-order valence-corrected chi connectivity index (χ0v) is 25.2. The Bertz CT molecular complexity index is 1920. The fraction of sp³-hybridized carbons (Fsp3) is 0.212. The van der Waals surface area contributed by atoms with E-state index in [0.717, 1.165) is 28.4 Å². The number of aromatic amines is 1. The standard InChI is InChI=1S/C33H29ClN4O7/c1-36(2)13-14-43-24-11-12-27-20(15-24)16-28(35-27)32(39)37-19-21(18-34)31-26-6-4-3-5-25(26)30(17-29(31)37)45-33(40)44-23-9-7-22(8-10-23)38(41)42/h3-12,15-17,21,35H,13-14,18-19H2,1-2H3/t21-/m1/s1. The van der Waals surface area contributed by atoms with Crippen LogP contribution in [0.3, 0.4) is 0 Å². The Morgan fingerprint density at radius 1 is 1.00 bits per heavy atom. The van der Waals surface area contributed by atoms with E-state index in [1.54, 1.807) is 17.0 Å². The minimum atomic E-state index is -1.03. The summed E-state index contributed by atoms with van der Waals surface area (Å²) in [5.41, 5.74) is 2.52. The van der Waals surface area contributed by atoms with Crippen molar-refractivity contribution in [1.82, 2.24) is 9.88 Å². The van der Waals surface area contributed by atoms with Crippen LogP contribution in [0.25, 0.3) is 21.7 Å². The van der Waals surface area contributed by atoms with E-state index in [1.165, 1.54) is 24.3 Å². The molecule has 1 aromatic heterocycles. The number of likely N-dealkylation sites (N-methyl/N-ethyl adjacent to an activating group) is 1. The third kappa shape index (κ3) is 6.13. The van der Waals surface area contributed by atoms with Crippen molar-refractivity contribution in [3.05, 3.63) is 100 Å². The lowest BCUT2D eigenvalue weighted by molar-refractivity contribution is -0.384. The maximum absolute atomic E-state index is 14.0. The summed E-state index contributed by atoms with van der Waals surface area (Å²) in [5.74, 6) is 0.858. The van der Waals surface area contributed by atoms with E-state index in [4.69, 9.17) is 25.8 Å². The molecule has 0 fully saturated rings. The van der Waals surface area contributed by atoms with Gasteiger partial charge in [0, 0.05) is 59.4 Å². The van der Waals surface area contributed by atoms with Gasteiger partial charge in [0.05, 0.1) is 10.6 Å². The lowest BCUT2D eigenvalue weighted by atomic mass is 9.95. The number of H-pyrrole nitrogens is 1. The number of rotatable bonds is 9. The second-order valence-electron chi connectivity index (χ2n) is 10.9. The summed E-state index contributed by atoms with van der Waals surface area (Å²) >= 11 is 6.43. The van der Waals surface area contributed by atoms with Crippen molar-refractivity contribution in [2.24, 2.45) is 0 Å². The first kappa shape index (κ1) is 29.9. The molecule has 1 N–H and O–H groups in total. The van der Waals surface area contributed by atoms with Gasteiger partial charge in [0.25, 0.3) is 11.6 Å². The molecule has 1 amide bonds. The second kappa shape index (κ2) is 12.5. The van der Waals surface area contributed by atoms with E-state index in [-0.39, 0.29) is 34.9 Å². The molecule has 1 atom stereocenters. The topological polar surface area (TPSA) is 127 Å². The molecule has 1 aliphatic heterocycles. The SMILES string of the molecule is CN(C)CCOc1ccc2[nH]c(C(=O)N3C[C@@H](CCl)c4c3cc(OC(=O)Oc3ccc([N+](=O)[O-])cc3)c3ccccc43)cc2c1. The van der Waals surface area contributed by atoms with Gasteiger partial charge in [-0.2, -0.15) is 0 Å². The zero-order valence-electron chi connectivity index (χ0n) is 24.5. The number of nitro groups is 1. The molecule has 1 aliphatic rings. The number of carbonyl (C=O) groups excluding carboxylic acids is 2. The number of hydrogen-bond donors (Lipinski definition) is 1. The van der Waals surface area contributed by atoms with Gasteiger partial charge in [0.2, 0.25) is 0 Å². The van der Waals surface area contributed by atoms with Gasteiger partial charge in [0.1, 0.15) is 29.5 Å². The molecule has 12 heteroatoms. The number of aromatic nitrogens is 1. The van der Waals surface area contributed by atoms with E-state index in [2.05, 4.69) is 4.98 Å². The number of benzene rings is 4. The van der Waals surface area contributed by atoms with Gasteiger partial charge in [0.15, 0.2) is 0 Å². The van der Waals surface area contributed by atoms with Crippen LogP contribution in [-0.4, -0.2) is 66.5 Å². The van der Waals surface area contributed by atoms with Gasteiger partial charge in [-0.15, -0.1) is 11.6 Å². The van der Waals surface area contributed by atoms with Crippen molar-refractivity contribution in [2.75, 3.05) is 44.6 Å². The van der Waals surface area contributed by atoms with E-state index in [1.807, 2.05) is 61.5 Å². The van der Waals surface area contributed by atoms with Crippen LogP contribution < -0.4 is 19.1 Å². The zero-order chi connectivity index (χ0) is 31.7. The Balaban J connectivity index is 1.30. The summed E-state index contributed by atoms with van der Waals surface area (Å²) in [7, 11) is 3.96. The van der Waals surface area contributed by atoms with Crippen molar-refractivity contribution >= 4 is 56.7 Å². The predicted molar refractivity (Wildman–Crippen MR) is 171 cm³/mol. The first-order valence-corrected chi connectivity index (χ1v) is 14.7. The number of carbonyl (C=O) groups is 2. The molecule has 0 aliphatic carbocycles. The van der Waals surface area contributed by atoms with E-state index in [0.29, 0.717) is 35.7 Å². The molecule has 11 nitrogen and oxygen atoms in total. The van der Waals surface area contributed by atoms with E-state index < -0.39 is 11.1 Å². The summed E-state index contributed by atoms with van der Waals surface area (Å²) in [6.45, 7) is 1.66. The molecule has 0 radical (unpaired) electrons. The van der Waals surface area contributed by atoms with Gasteiger partial charge in [-0.05, 0) is 61.4 Å². The van der Waals surface area contributed by atoms with Crippen LogP contribution in [0.5, 0.6) is 17.2 Å². The Morgan fingerprint density at radius 2 is 1.73 bits per heavy atom. The number of amides is 1. The molecular weight excluding hydrogens is 600 g/mol. The Kier molecular flexibility index (Phi) is 8.29. The average Bonchev–Trinajstić information content (AvgIpc) is 3.62. The van der Waals surface area contributed by atoms with Gasteiger partial charge < -0.3 is 29.0 Å². The van der Waals surface area contributed by atoms with Crippen molar-refractivity contribution in [1.29, 1.82) is 0 Å². The van der Waals surface area contributed by atoms with E-state index in [9.17, 15) is 19.7 Å². The van der Waals surface area contributed by atoms with E-state index >= 15 is 0 Å². The molecule has 230 valence electrons. The smallest absolute Gasteiger partial charge is 0.492 e. The fourth-order valence-corrected chi connectivity index (χ4v) is 5.72. The van der Waals surface area contributed by atoms with Crippen molar-refractivity contribution in [3.63, 3.8) is 0 Å². The summed E-state index contributed by atoms with van der Waals surface area (Å²) in [5, 5.41) is 13.2. The van der Waals surface area contributed by atoms with Gasteiger partial charge in [-0.25, -0.2) is 4.79 Å². The third-order valence-corrected chi connectivity index (χ3v) is 8.00. The summed E-state index contributed by atoms with van der Waals surface area (Å²) in [6.07, 6.45) is -1.03. The minimum absolute atomic E-state index is 0.0835. The molecule has 4 aromatic carbocycles. The maximum atomic E-state index is 14.0. The van der Waals surface area contributed by atoms with Gasteiger partial charge in [-0.3, -0.25) is 14.9 Å². The number of anilines is 1. The van der Waals surface area contributed by atoms with Crippen molar-refractivity contribution in [2.45, 2.75) is 5.92 Å². The van der Waals surface area contributed by atoms with Crippen molar-refractivity contribution < 1.29 is 28.7 Å². The van der Waals surface area contributed by atoms with Crippen molar-refractivity contribution in [3.8, 4) is 17.2 Å². The number of hydrogen-bond acceptors (Lipinski definition) is 8. The normalized spacial score (nSPS) is 14.1. The Morgan fingerprint density at radius 3 is 2.44 bits per heavy atom. The average molecular weight is 629 g/mol.